The summed E-state index contributed by atoms with van der Waals surface area (Å²) >= 11 is 0. The van der Waals surface area contributed by atoms with Gasteiger partial charge in [0.05, 0.1) is 13.2 Å². The Kier molecular flexibility index (Phi) is 30.1. The van der Waals surface area contributed by atoms with Crippen molar-refractivity contribution >= 4 is 13.8 Å². The van der Waals surface area contributed by atoms with E-state index in [0.29, 0.717) is 13.0 Å². The van der Waals surface area contributed by atoms with Crippen molar-refractivity contribution in [2.75, 3.05) is 19.8 Å². The van der Waals surface area contributed by atoms with Crippen molar-refractivity contribution in [1.29, 1.82) is 0 Å². The number of ether oxygens (including phenoxy) is 2. The molecule has 0 saturated heterocycles. The highest BCUT2D eigenvalue weighted by atomic mass is 31.2. The minimum absolute atomic E-state index is 0.0792. The van der Waals surface area contributed by atoms with Crippen molar-refractivity contribution < 1.29 is 58.3 Å². The number of aliphatic hydroxyl groups is 5. The standard InChI is InChI=1S/C40H75O12P/c1-3-5-7-9-11-13-15-17-18-19-21-23-25-27-29-34(41)51-33(31-49-30-28-26-24-22-20-16-14-12-10-8-6-4-2)32-50-53(47,48)52-40-38(45)36(43)35(42)37(44)39(40)46/h9,11,15,17,33,35-40,42-46H,3-8,10,12-14,16,18-32H2,1-2H3,(H,47,48)/b11-9-,17-15-. The minimum atomic E-state index is -5.01. The van der Waals surface area contributed by atoms with Crippen LogP contribution in [0.4, 0.5) is 0 Å². The van der Waals surface area contributed by atoms with Gasteiger partial charge in [-0.25, -0.2) is 4.57 Å². The van der Waals surface area contributed by atoms with Crippen LogP contribution < -0.4 is 0 Å². The summed E-state index contributed by atoms with van der Waals surface area (Å²) in [6, 6.07) is 0. The van der Waals surface area contributed by atoms with E-state index in [1.807, 2.05) is 0 Å². The normalized spacial score (nSPS) is 23.8. The Bertz CT molecular complexity index is 979. The van der Waals surface area contributed by atoms with Gasteiger partial charge >= 0.3 is 13.8 Å². The van der Waals surface area contributed by atoms with Crippen molar-refractivity contribution in [1.82, 2.24) is 0 Å². The molecule has 1 aliphatic rings. The second kappa shape index (κ2) is 32.0. The molecule has 312 valence electrons. The number of phosphoric ester groups is 1. The molecule has 0 bridgehead atoms. The zero-order valence-electron chi connectivity index (χ0n) is 32.8. The molecule has 12 nitrogen and oxygen atoms in total. The maximum Gasteiger partial charge on any atom is 0.472 e. The number of rotatable bonds is 34. The van der Waals surface area contributed by atoms with Crippen molar-refractivity contribution in [3.63, 3.8) is 0 Å². The van der Waals surface area contributed by atoms with Gasteiger partial charge in [-0.1, -0.05) is 141 Å². The van der Waals surface area contributed by atoms with E-state index in [1.54, 1.807) is 0 Å². The number of phosphoric acid groups is 1. The highest BCUT2D eigenvalue weighted by Crippen LogP contribution is 2.47. The zero-order chi connectivity index (χ0) is 39.2. The van der Waals surface area contributed by atoms with Gasteiger partial charge in [0.25, 0.3) is 0 Å². The van der Waals surface area contributed by atoms with E-state index >= 15 is 0 Å². The van der Waals surface area contributed by atoms with E-state index < -0.39 is 63.1 Å². The van der Waals surface area contributed by atoms with Crippen LogP contribution in [0.3, 0.4) is 0 Å². The first-order valence-corrected chi connectivity index (χ1v) is 22.2. The second-order valence-corrected chi connectivity index (χ2v) is 15.9. The molecule has 0 aliphatic heterocycles. The lowest BCUT2D eigenvalue weighted by atomic mass is 9.85. The Balaban J connectivity index is 2.46. The Morgan fingerprint density at radius 2 is 1.08 bits per heavy atom. The predicted molar refractivity (Wildman–Crippen MR) is 207 cm³/mol. The highest BCUT2D eigenvalue weighted by Gasteiger charge is 2.51. The zero-order valence-corrected chi connectivity index (χ0v) is 33.7. The first kappa shape index (κ1) is 49.8. The maximum absolute atomic E-state index is 12.8. The Hall–Kier alpha value is -1.18. The van der Waals surface area contributed by atoms with Gasteiger partial charge in [0, 0.05) is 13.0 Å². The van der Waals surface area contributed by atoms with Gasteiger partial charge in [0.2, 0.25) is 0 Å². The molecule has 1 aliphatic carbocycles. The van der Waals surface area contributed by atoms with E-state index in [4.69, 9.17) is 18.5 Å². The SMILES string of the molecule is CCCC/C=C\C/C=C\CCCCCCCC(=O)OC(COCCCCCCCCCCCCCC)COP(=O)(O)OC1C(O)C(O)C(O)C(O)C1O. The van der Waals surface area contributed by atoms with E-state index in [0.717, 1.165) is 64.2 Å². The van der Waals surface area contributed by atoms with Crippen LogP contribution >= 0.6 is 7.82 Å². The number of esters is 1. The lowest BCUT2D eigenvalue weighted by Crippen LogP contribution is -2.64. The molecule has 13 heteroatoms. The molecule has 6 N–H and O–H groups in total. The molecule has 0 aromatic heterocycles. The summed E-state index contributed by atoms with van der Waals surface area (Å²) in [6.45, 7) is 4.18. The first-order valence-electron chi connectivity index (χ1n) is 20.7. The number of hydrogen-bond donors (Lipinski definition) is 6. The van der Waals surface area contributed by atoms with Crippen LogP contribution in [0.15, 0.2) is 24.3 Å². The van der Waals surface area contributed by atoms with Crippen molar-refractivity contribution in [3.05, 3.63) is 24.3 Å². The molecule has 0 heterocycles. The first-order chi connectivity index (χ1) is 25.5. The molecule has 0 radical (unpaired) electrons. The lowest BCUT2D eigenvalue weighted by Gasteiger charge is -2.41. The average Bonchev–Trinajstić information content (AvgIpc) is 3.14. The Labute approximate surface area is 320 Å². The number of hydrogen-bond acceptors (Lipinski definition) is 11. The summed E-state index contributed by atoms with van der Waals surface area (Å²) in [5.41, 5.74) is 0. The fourth-order valence-corrected chi connectivity index (χ4v) is 7.17. The van der Waals surface area contributed by atoms with Crippen molar-refractivity contribution in [2.45, 2.75) is 204 Å². The smallest absolute Gasteiger partial charge is 0.457 e. The molecule has 0 amide bonds. The van der Waals surface area contributed by atoms with Crippen LogP contribution in [0.5, 0.6) is 0 Å². The van der Waals surface area contributed by atoms with Crippen LogP contribution in [0.2, 0.25) is 0 Å². The number of carbonyl (C=O) groups excluding carboxylic acids is 1. The molecule has 1 fully saturated rings. The van der Waals surface area contributed by atoms with Gasteiger partial charge < -0.3 is 39.9 Å². The molecule has 53 heavy (non-hydrogen) atoms. The van der Waals surface area contributed by atoms with E-state index in [1.165, 1.54) is 70.6 Å². The maximum atomic E-state index is 12.8. The third kappa shape index (κ3) is 24.8. The largest absolute Gasteiger partial charge is 0.472 e. The van der Waals surface area contributed by atoms with E-state index in [9.17, 15) is 39.8 Å². The quantitative estimate of drug-likeness (QED) is 0.0165. The molecule has 0 aromatic carbocycles. The van der Waals surface area contributed by atoms with Gasteiger partial charge in [0.1, 0.15) is 42.7 Å². The summed E-state index contributed by atoms with van der Waals surface area (Å²) in [6.07, 6.45) is 21.1. The monoisotopic (exact) mass is 778 g/mol. The predicted octanol–water partition coefficient (Wildman–Crippen LogP) is 7.36. The van der Waals surface area contributed by atoms with Gasteiger partial charge in [-0.05, 0) is 38.5 Å². The number of unbranched alkanes of at least 4 members (excludes halogenated alkanes) is 18. The Morgan fingerprint density at radius 1 is 0.604 bits per heavy atom. The van der Waals surface area contributed by atoms with Crippen LogP contribution in [0.25, 0.3) is 0 Å². The summed E-state index contributed by atoms with van der Waals surface area (Å²) in [7, 11) is -5.01. The molecule has 0 spiro atoms. The highest BCUT2D eigenvalue weighted by molar-refractivity contribution is 7.47. The number of aliphatic hydroxyl groups excluding tert-OH is 5. The van der Waals surface area contributed by atoms with E-state index in [-0.39, 0.29) is 13.0 Å². The lowest BCUT2D eigenvalue weighted by molar-refractivity contribution is -0.220. The van der Waals surface area contributed by atoms with Crippen LogP contribution in [-0.2, 0) is 27.9 Å². The fourth-order valence-electron chi connectivity index (χ4n) is 6.19. The van der Waals surface area contributed by atoms with Gasteiger partial charge in [0.15, 0.2) is 0 Å². The minimum Gasteiger partial charge on any atom is -0.457 e. The summed E-state index contributed by atoms with van der Waals surface area (Å²) in [5, 5.41) is 50.0. The van der Waals surface area contributed by atoms with Crippen molar-refractivity contribution in [3.8, 4) is 0 Å². The average molecular weight is 779 g/mol. The molecular formula is C40H75O12P. The molecule has 6 unspecified atom stereocenters. The summed E-state index contributed by atoms with van der Waals surface area (Å²) < 4.78 is 34.0. The van der Waals surface area contributed by atoms with Gasteiger partial charge in [-0.2, -0.15) is 0 Å². The van der Waals surface area contributed by atoms with Gasteiger partial charge in [-0.15, -0.1) is 0 Å². The van der Waals surface area contributed by atoms with Crippen LogP contribution in [0.1, 0.15) is 162 Å². The summed E-state index contributed by atoms with van der Waals surface area (Å²) in [4.78, 5) is 23.0. The third-order valence-electron chi connectivity index (χ3n) is 9.58. The van der Waals surface area contributed by atoms with E-state index in [2.05, 4.69) is 38.2 Å². The van der Waals surface area contributed by atoms with Crippen molar-refractivity contribution in [2.24, 2.45) is 0 Å². The fraction of sp³-hybridized carbons (Fsp3) is 0.875. The molecule has 0 aromatic rings. The van der Waals surface area contributed by atoms with Gasteiger partial charge in [-0.3, -0.25) is 13.8 Å². The third-order valence-corrected chi connectivity index (χ3v) is 10.6. The molecule has 1 saturated carbocycles. The van der Waals surface area contributed by atoms with Crippen LogP contribution in [0, 0.1) is 0 Å². The Morgan fingerprint density at radius 3 is 1.64 bits per heavy atom. The second-order valence-electron chi connectivity index (χ2n) is 14.5. The molecular weight excluding hydrogens is 703 g/mol. The topological polar surface area (TPSA) is 192 Å². The summed E-state index contributed by atoms with van der Waals surface area (Å²) in [5.74, 6) is -0.491. The molecule has 6 atom stereocenters. The number of carbonyl (C=O) groups is 1. The number of allylic oxidation sites excluding steroid dienone is 4. The molecule has 1 rings (SSSR count). The van der Waals surface area contributed by atoms with Crippen LogP contribution in [-0.4, -0.2) is 98.9 Å².